The van der Waals surface area contributed by atoms with E-state index in [-0.39, 0.29) is 18.3 Å². The van der Waals surface area contributed by atoms with Crippen LogP contribution in [0.15, 0.2) is 5.16 Å². The van der Waals surface area contributed by atoms with Gasteiger partial charge in [-0.1, -0.05) is 23.0 Å². The Hall–Kier alpha value is -1.70. The quantitative estimate of drug-likeness (QED) is 0.291. The summed E-state index contributed by atoms with van der Waals surface area (Å²) in [4.78, 5) is 12.1. The molecule has 0 saturated carbocycles. The third-order valence-electron chi connectivity index (χ3n) is 1.81. The second-order valence-electron chi connectivity index (χ2n) is 3.07. The molecule has 1 heterocycles. The number of nitrogens with two attached hydrogens (primary N) is 1. The van der Waals surface area contributed by atoms with Gasteiger partial charge in [-0.15, -0.1) is 5.10 Å². The summed E-state index contributed by atoms with van der Waals surface area (Å²) in [6.45, 7) is 2.00. The van der Waals surface area contributed by atoms with Crippen LogP contribution in [0.5, 0.6) is 0 Å². The number of carbonyl (C=O) groups is 1. The van der Waals surface area contributed by atoms with Crippen molar-refractivity contribution in [2.24, 2.45) is 10.9 Å². The summed E-state index contributed by atoms with van der Waals surface area (Å²) in [6, 6.07) is 0. The summed E-state index contributed by atoms with van der Waals surface area (Å²) >= 11 is 1.04. The van der Waals surface area contributed by atoms with Crippen molar-refractivity contribution in [3.05, 3.63) is 10.6 Å². The number of amides is 1. The standard InChI is InChI=1S/C8H13N5O2S/c1-2-3-5-7(16-13-11-5)8(14)10-4-6(9)12-15/h15H,2-4H2,1H3,(H2,9,12)(H,10,14). The summed E-state index contributed by atoms with van der Waals surface area (Å²) in [5.41, 5.74) is 5.91. The number of oxime groups is 1. The highest BCUT2D eigenvalue weighted by Crippen LogP contribution is 2.11. The van der Waals surface area contributed by atoms with Crippen molar-refractivity contribution in [2.75, 3.05) is 6.54 Å². The third kappa shape index (κ3) is 3.16. The highest BCUT2D eigenvalue weighted by molar-refractivity contribution is 7.08. The van der Waals surface area contributed by atoms with Crippen LogP contribution in [-0.2, 0) is 6.42 Å². The number of amidine groups is 1. The van der Waals surface area contributed by atoms with E-state index in [0.29, 0.717) is 17.0 Å². The predicted octanol–water partition coefficient (Wildman–Crippen LogP) is -0.0332. The number of hydrogen-bond acceptors (Lipinski definition) is 6. The fourth-order valence-electron chi connectivity index (χ4n) is 1.07. The van der Waals surface area contributed by atoms with Crippen LogP contribution in [0, 0.1) is 0 Å². The number of aryl methyl sites for hydroxylation is 1. The second-order valence-corrected chi connectivity index (χ2v) is 3.83. The number of aromatic nitrogens is 2. The Morgan fingerprint density at radius 1 is 1.69 bits per heavy atom. The van der Waals surface area contributed by atoms with Gasteiger partial charge in [0.2, 0.25) is 0 Å². The first-order valence-corrected chi connectivity index (χ1v) is 5.52. The third-order valence-corrected chi connectivity index (χ3v) is 2.57. The summed E-state index contributed by atoms with van der Waals surface area (Å²) in [5.74, 6) is -0.354. The topological polar surface area (TPSA) is 113 Å². The Labute approximate surface area is 96.5 Å². The molecular weight excluding hydrogens is 230 g/mol. The summed E-state index contributed by atoms with van der Waals surface area (Å²) in [6.07, 6.45) is 1.61. The first kappa shape index (κ1) is 12.4. The molecule has 0 aromatic carbocycles. The largest absolute Gasteiger partial charge is 0.409 e. The molecule has 0 atom stereocenters. The molecule has 4 N–H and O–H groups in total. The van der Waals surface area contributed by atoms with Crippen molar-refractivity contribution in [3.63, 3.8) is 0 Å². The maximum Gasteiger partial charge on any atom is 0.265 e. The lowest BCUT2D eigenvalue weighted by atomic mass is 10.2. The summed E-state index contributed by atoms with van der Waals surface area (Å²) in [5, 5.41) is 17.4. The average molecular weight is 243 g/mol. The Morgan fingerprint density at radius 2 is 2.44 bits per heavy atom. The van der Waals surface area contributed by atoms with Crippen molar-refractivity contribution in [1.29, 1.82) is 0 Å². The van der Waals surface area contributed by atoms with Gasteiger partial charge in [0.1, 0.15) is 4.88 Å². The molecule has 0 aliphatic rings. The highest BCUT2D eigenvalue weighted by Gasteiger charge is 2.15. The minimum Gasteiger partial charge on any atom is -0.409 e. The molecule has 1 aromatic heterocycles. The maximum atomic E-state index is 11.6. The normalized spacial score (nSPS) is 11.4. The number of carbonyl (C=O) groups excluding carboxylic acids is 1. The Kier molecular flexibility index (Phi) is 4.65. The van der Waals surface area contributed by atoms with Crippen molar-refractivity contribution < 1.29 is 10.0 Å². The van der Waals surface area contributed by atoms with Gasteiger partial charge in [-0.2, -0.15) is 0 Å². The van der Waals surface area contributed by atoms with Crippen molar-refractivity contribution in [2.45, 2.75) is 19.8 Å². The van der Waals surface area contributed by atoms with Crippen molar-refractivity contribution in [1.82, 2.24) is 14.9 Å². The minimum atomic E-state index is -0.301. The fourth-order valence-corrected chi connectivity index (χ4v) is 1.69. The molecule has 1 aromatic rings. The lowest BCUT2D eigenvalue weighted by Crippen LogP contribution is -2.33. The Morgan fingerprint density at radius 3 is 3.06 bits per heavy atom. The fraction of sp³-hybridized carbons (Fsp3) is 0.500. The smallest absolute Gasteiger partial charge is 0.265 e. The Bertz CT molecular complexity index is 390. The van der Waals surface area contributed by atoms with Gasteiger partial charge in [-0.05, 0) is 18.0 Å². The zero-order chi connectivity index (χ0) is 12.0. The van der Waals surface area contributed by atoms with Crippen LogP contribution in [-0.4, -0.2) is 33.1 Å². The van der Waals surface area contributed by atoms with Crippen LogP contribution in [0.2, 0.25) is 0 Å². The molecule has 7 nitrogen and oxygen atoms in total. The maximum absolute atomic E-state index is 11.6. The molecule has 8 heteroatoms. The van der Waals surface area contributed by atoms with E-state index in [1.54, 1.807) is 0 Å². The zero-order valence-corrected chi connectivity index (χ0v) is 9.62. The molecule has 1 amide bonds. The van der Waals surface area contributed by atoms with Crippen LogP contribution in [0.25, 0.3) is 0 Å². The molecule has 0 bridgehead atoms. The monoisotopic (exact) mass is 243 g/mol. The molecule has 1 rings (SSSR count). The van der Waals surface area contributed by atoms with E-state index in [0.717, 1.165) is 18.0 Å². The molecule has 0 saturated heterocycles. The van der Waals surface area contributed by atoms with E-state index in [9.17, 15) is 4.79 Å². The van der Waals surface area contributed by atoms with Gasteiger partial charge >= 0.3 is 0 Å². The number of rotatable bonds is 5. The van der Waals surface area contributed by atoms with Crippen molar-refractivity contribution >= 4 is 23.3 Å². The Balaban J connectivity index is 2.62. The van der Waals surface area contributed by atoms with Gasteiger partial charge in [0.15, 0.2) is 5.84 Å². The van der Waals surface area contributed by atoms with Gasteiger partial charge in [0, 0.05) is 0 Å². The molecule has 0 spiro atoms. The molecule has 16 heavy (non-hydrogen) atoms. The first-order valence-electron chi connectivity index (χ1n) is 4.74. The SMILES string of the molecule is CCCc1nnsc1C(=O)NCC(N)=NO. The lowest BCUT2D eigenvalue weighted by molar-refractivity contribution is 0.0962. The predicted molar refractivity (Wildman–Crippen MR) is 59.6 cm³/mol. The van der Waals surface area contributed by atoms with E-state index >= 15 is 0 Å². The van der Waals surface area contributed by atoms with Crippen LogP contribution in [0.3, 0.4) is 0 Å². The van der Waals surface area contributed by atoms with Crippen LogP contribution in [0.4, 0.5) is 0 Å². The van der Waals surface area contributed by atoms with Gasteiger partial charge in [-0.25, -0.2) is 0 Å². The molecular formula is C8H13N5O2S. The van der Waals surface area contributed by atoms with E-state index < -0.39 is 0 Å². The van der Waals surface area contributed by atoms with E-state index in [2.05, 4.69) is 20.1 Å². The molecule has 0 fully saturated rings. The lowest BCUT2D eigenvalue weighted by Gasteiger charge is -2.02. The first-order chi connectivity index (χ1) is 7.69. The van der Waals surface area contributed by atoms with E-state index in [1.807, 2.05) is 6.92 Å². The summed E-state index contributed by atoms with van der Waals surface area (Å²) in [7, 11) is 0. The second kappa shape index (κ2) is 6.01. The van der Waals surface area contributed by atoms with E-state index in [4.69, 9.17) is 10.9 Å². The van der Waals surface area contributed by atoms with Crippen LogP contribution < -0.4 is 11.1 Å². The number of nitrogens with one attached hydrogen (secondary N) is 1. The number of hydrogen-bond donors (Lipinski definition) is 3. The van der Waals surface area contributed by atoms with E-state index in [1.165, 1.54) is 0 Å². The van der Waals surface area contributed by atoms with Gasteiger partial charge < -0.3 is 16.3 Å². The number of nitrogens with zero attached hydrogens (tertiary/aromatic N) is 3. The average Bonchev–Trinajstić information content (AvgIpc) is 2.74. The molecule has 88 valence electrons. The molecule has 0 aliphatic heterocycles. The van der Waals surface area contributed by atoms with Crippen LogP contribution >= 0.6 is 11.5 Å². The molecule has 0 radical (unpaired) electrons. The zero-order valence-electron chi connectivity index (χ0n) is 8.80. The van der Waals surface area contributed by atoms with Gasteiger partial charge in [-0.3, -0.25) is 4.79 Å². The highest BCUT2D eigenvalue weighted by atomic mass is 32.1. The summed E-state index contributed by atoms with van der Waals surface area (Å²) < 4.78 is 3.73. The van der Waals surface area contributed by atoms with Crippen molar-refractivity contribution in [3.8, 4) is 0 Å². The van der Waals surface area contributed by atoms with Gasteiger partial charge in [0.05, 0.1) is 12.2 Å². The van der Waals surface area contributed by atoms with Crippen LogP contribution in [0.1, 0.15) is 28.7 Å². The van der Waals surface area contributed by atoms with Gasteiger partial charge in [0.25, 0.3) is 5.91 Å². The minimum absolute atomic E-state index is 0.00119. The molecule has 0 unspecified atom stereocenters. The molecule has 0 aliphatic carbocycles.